The van der Waals surface area contributed by atoms with Gasteiger partial charge < -0.3 is 10.1 Å². The van der Waals surface area contributed by atoms with Crippen molar-refractivity contribution in [2.45, 2.75) is 32.7 Å². The second-order valence-corrected chi connectivity index (χ2v) is 9.35. The Labute approximate surface area is 206 Å². The highest BCUT2D eigenvalue weighted by Crippen LogP contribution is 2.29. The maximum atomic E-state index is 13.8. The number of quaternary nitrogens is 1. The van der Waals surface area contributed by atoms with Crippen LogP contribution in [0.3, 0.4) is 0 Å². The molecule has 3 aromatic carbocycles. The molecule has 0 amide bonds. The number of aromatic nitrogens is 2. The Hall–Kier alpha value is -3.65. The van der Waals surface area contributed by atoms with Crippen LogP contribution in [0.5, 0.6) is 5.75 Å². The van der Waals surface area contributed by atoms with E-state index in [0.717, 1.165) is 42.6 Å². The molecule has 4 aromatic rings. The summed E-state index contributed by atoms with van der Waals surface area (Å²) in [4.78, 5) is 18.6. The van der Waals surface area contributed by atoms with Crippen LogP contribution in [-0.4, -0.2) is 29.0 Å². The number of alkyl halides is 3. The third kappa shape index (κ3) is 5.28. The Bertz CT molecular complexity index is 1440. The molecule has 2 heterocycles. The predicted molar refractivity (Wildman–Crippen MR) is 133 cm³/mol. The van der Waals surface area contributed by atoms with Gasteiger partial charge in [-0.15, -0.1) is 13.2 Å². The molecule has 5 nitrogen and oxygen atoms in total. The van der Waals surface area contributed by atoms with Gasteiger partial charge in [0.25, 0.3) is 5.56 Å². The fraction of sp³-hybridized carbons (Fsp3) is 0.286. The summed E-state index contributed by atoms with van der Waals surface area (Å²) >= 11 is 0. The van der Waals surface area contributed by atoms with Gasteiger partial charge in [-0.2, -0.15) is 0 Å². The number of nitrogens with two attached hydrogens (primary N) is 1. The van der Waals surface area contributed by atoms with E-state index in [1.54, 1.807) is 16.7 Å². The van der Waals surface area contributed by atoms with E-state index in [1.165, 1.54) is 18.2 Å². The Kier molecular flexibility index (Phi) is 6.53. The van der Waals surface area contributed by atoms with Crippen molar-refractivity contribution < 1.29 is 23.2 Å². The number of hydrogen-bond acceptors (Lipinski definition) is 3. The Balaban J connectivity index is 1.64. The molecule has 1 atom stereocenters. The molecule has 5 rings (SSSR count). The largest absolute Gasteiger partial charge is 0.573 e. The number of piperidine rings is 1. The molecule has 0 spiro atoms. The van der Waals surface area contributed by atoms with Crippen molar-refractivity contribution >= 4 is 10.9 Å². The van der Waals surface area contributed by atoms with Crippen LogP contribution < -0.4 is 15.6 Å². The topological polar surface area (TPSA) is 60.7 Å². The molecule has 0 radical (unpaired) electrons. The number of benzene rings is 3. The average Bonchev–Trinajstić information content (AvgIpc) is 2.86. The van der Waals surface area contributed by atoms with Crippen molar-refractivity contribution in [1.82, 2.24) is 9.55 Å². The number of aryl methyl sites for hydroxylation is 1. The van der Waals surface area contributed by atoms with Crippen molar-refractivity contribution in [2.75, 3.05) is 13.1 Å². The molecule has 0 saturated carbocycles. The van der Waals surface area contributed by atoms with E-state index in [-0.39, 0.29) is 17.2 Å². The summed E-state index contributed by atoms with van der Waals surface area (Å²) in [6.45, 7) is 4.42. The number of nitrogens with zero attached hydrogens (tertiary/aromatic N) is 2. The van der Waals surface area contributed by atoms with Crippen molar-refractivity contribution in [3.63, 3.8) is 0 Å². The van der Waals surface area contributed by atoms with E-state index in [0.29, 0.717) is 28.8 Å². The smallest absolute Gasteiger partial charge is 0.406 e. The van der Waals surface area contributed by atoms with Gasteiger partial charge in [-0.1, -0.05) is 48.0 Å². The lowest BCUT2D eigenvalue weighted by molar-refractivity contribution is -0.669. The maximum absolute atomic E-state index is 13.8. The zero-order chi connectivity index (χ0) is 25.3. The summed E-state index contributed by atoms with van der Waals surface area (Å²) in [6.07, 6.45) is -2.76. The van der Waals surface area contributed by atoms with Crippen LogP contribution in [0, 0.1) is 12.8 Å². The molecule has 186 valence electrons. The van der Waals surface area contributed by atoms with Crippen LogP contribution in [-0.2, 0) is 6.54 Å². The number of fused-ring (bicyclic) bond motifs is 1. The second kappa shape index (κ2) is 9.78. The van der Waals surface area contributed by atoms with Crippen LogP contribution in [0.1, 0.15) is 18.4 Å². The first-order chi connectivity index (χ1) is 17.3. The monoisotopic (exact) mass is 494 g/mol. The van der Waals surface area contributed by atoms with E-state index in [4.69, 9.17) is 4.98 Å². The number of ether oxygens (including phenoxy) is 1. The highest BCUT2D eigenvalue weighted by atomic mass is 19.4. The van der Waals surface area contributed by atoms with E-state index in [2.05, 4.69) is 10.1 Å². The average molecular weight is 495 g/mol. The normalized spacial score (nSPS) is 16.3. The molecular weight excluding hydrogens is 467 g/mol. The minimum atomic E-state index is -4.81. The highest BCUT2D eigenvalue weighted by Gasteiger charge is 2.31. The fourth-order valence-electron chi connectivity index (χ4n) is 4.81. The van der Waals surface area contributed by atoms with Gasteiger partial charge in [0.15, 0.2) is 0 Å². The van der Waals surface area contributed by atoms with Gasteiger partial charge in [0.1, 0.15) is 11.6 Å². The zero-order valence-corrected chi connectivity index (χ0v) is 19.9. The molecule has 0 bridgehead atoms. The lowest BCUT2D eigenvalue weighted by atomic mass is 9.99. The molecular formula is C28H27F3N3O2+. The van der Waals surface area contributed by atoms with Gasteiger partial charge in [0, 0.05) is 18.0 Å². The molecule has 8 heteroatoms. The van der Waals surface area contributed by atoms with Crippen LogP contribution in [0.25, 0.3) is 33.4 Å². The number of halogens is 3. The summed E-state index contributed by atoms with van der Waals surface area (Å²) in [5.41, 5.74) is 3.76. The third-order valence-corrected chi connectivity index (χ3v) is 6.63. The van der Waals surface area contributed by atoms with Gasteiger partial charge in [0.05, 0.1) is 24.0 Å². The molecule has 1 aromatic heterocycles. The fourth-order valence-corrected chi connectivity index (χ4v) is 4.81. The van der Waals surface area contributed by atoms with Crippen molar-refractivity contribution in [2.24, 2.45) is 5.92 Å². The van der Waals surface area contributed by atoms with Gasteiger partial charge in [-0.05, 0) is 55.2 Å². The lowest BCUT2D eigenvalue weighted by Crippen LogP contribution is -2.87. The van der Waals surface area contributed by atoms with Crippen molar-refractivity contribution in [3.8, 4) is 28.3 Å². The molecule has 1 saturated heterocycles. The first-order valence-corrected chi connectivity index (χ1v) is 12.1. The maximum Gasteiger partial charge on any atom is 0.573 e. The zero-order valence-electron chi connectivity index (χ0n) is 19.9. The van der Waals surface area contributed by atoms with Gasteiger partial charge >= 0.3 is 6.36 Å². The van der Waals surface area contributed by atoms with Crippen LogP contribution in [0.2, 0.25) is 0 Å². The minimum absolute atomic E-state index is 0.198. The minimum Gasteiger partial charge on any atom is -0.406 e. The van der Waals surface area contributed by atoms with E-state index < -0.39 is 6.36 Å². The second-order valence-electron chi connectivity index (χ2n) is 9.35. The Morgan fingerprint density at radius 1 is 1.03 bits per heavy atom. The van der Waals surface area contributed by atoms with Crippen LogP contribution in [0.15, 0.2) is 71.5 Å². The molecule has 1 fully saturated rings. The van der Waals surface area contributed by atoms with Gasteiger partial charge in [0.2, 0.25) is 0 Å². The van der Waals surface area contributed by atoms with Crippen LogP contribution in [0.4, 0.5) is 13.2 Å². The Morgan fingerprint density at radius 2 is 1.81 bits per heavy atom. The lowest BCUT2D eigenvalue weighted by Gasteiger charge is -2.23. The highest BCUT2D eigenvalue weighted by molar-refractivity contribution is 5.85. The number of hydrogen-bond donors (Lipinski definition) is 1. The third-order valence-electron chi connectivity index (χ3n) is 6.63. The molecule has 1 aliphatic heterocycles. The summed E-state index contributed by atoms with van der Waals surface area (Å²) in [7, 11) is 0. The summed E-state index contributed by atoms with van der Waals surface area (Å²) in [5, 5.41) is 2.72. The molecule has 2 N–H and O–H groups in total. The van der Waals surface area contributed by atoms with Gasteiger partial charge in [-0.3, -0.25) is 9.36 Å². The van der Waals surface area contributed by atoms with E-state index in [1.807, 2.05) is 43.3 Å². The van der Waals surface area contributed by atoms with E-state index >= 15 is 0 Å². The van der Waals surface area contributed by atoms with E-state index in [9.17, 15) is 18.0 Å². The van der Waals surface area contributed by atoms with Crippen molar-refractivity contribution in [1.29, 1.82) is 0 Å². The summed E-state index contributed by atoms with van der Waals surface area (Å²) in [6, 6.07) is 19.3. The SMILES string of the molecule is Cc1ccc(-c2ccc3nc(-c4cccc(OC(F)(F)F)c4)n(CC4CCC[NH2+]C4)c(=O)c3c2)cc1. The summed E-state index contributed by atoms with van der Waals surface area (Å²) in [5.74, 6) is 0.264. The number of rotatable bonds is 5. The molecule has 0 aliphatic carbocycles. The first kappa shape index (κ1) is 24.1. The Morgan fingerprint density at radius 3 is 2.53 bits per heavy atom. The standard InChI is InChI=1S/C28H26F3N3O2/c1-18-7-9-20(10-8-18)21-11-12-25-24(15-21)27(35)34(17-19-4-3-13-32-16-19)26(33-25)22-5-2-6-23(14-22)36-28(29,30)31/h2,5-12,14-15,19,32H,3-4,13,16-17H2,1H3/p+1. The van der Waals surface area contributed by atoms with Crippen LogP contribution >= 0.6 is 0 Å². The predicted octanol–water partition coefficient (Wildman–Crippen LogP) is 4.91. The molecule has 36 heavy (non-hydrogen) atoms. The molecule has 1 unspecified atom stereocenters. The van der Waals surface area contributed by atoms with Gasteiger partial charge in [-0.25, -0.2) is 4.98 Å². The first-order valence-electron chi connectivity index (χ1n) is 12.1. The summed E-state index contributed by atoms with van der Waals surface area (Å²) < 4.78 is 44.3. The molecule has 1 aliphatic rings. The van der Waals surface area contributed by atoms with Crippen molar-refractivity contribution in [3.05, 3.63) is 82.6 Å². The quantitative estimate of drug-likeness (QED) is 0.429.